The minimum absolute atomic E-state index is 0.657. The van der Waals surface area contributed by atoms with Gasteiger partial charge >= 0.3 is 0 Å². The standard InChI is InChI=1S/C15H24N2/c1-5-15(10-11-16)9-8-14(3)13(2)7-6-12-17-4/h5-9,12,17H,1,10-11,16H2,2-4H3/b12-6-,13-7+,14-8+,15-9+. The molecule has 0 aliphatic rings. The second kappa shape index (κ2) is 9.67. The summed E-state index contributed by atoms with van der Waals surface area (Å²) < 4.78 is 0. The molecule has 0 rings (SSSR count). The van der Waals surface area contributed by atoms with Crippen LogP contribution in [0.2, 0.25) is 0 Å². The van der Waals surface area contributed by atoms with Crippen LogP contribution in [0.25, 0.3) is 0 Å². The molecule has 0 radical (unpaired) electrons. The van der Waals surface area contributed by atoms with E-state index < -0.39 is 0 Å². The summed E-state index contributed by atoms with van der Waals surface area (Å²) in [7, 11) is 1.88. The maximum atomic E-state index is 5.52. The Kier molecular flexibility index (Phi) is 8.79. The van der Waals surface area contributed by atoms with Crippen LogP contribution in [0.4, 0.5) is 0 Å². The van der Waals surface area contributed by atoms with Crippen molar-refractivity contribution >= 4 is 0 Å². The van der Waals surface area contributed by atoms with Crippen LogP contribution in [0.5, 0.6) is 0 Å². The summed E-state index contributed by atoms with van der Waals surface area (Å²) in [5.41, 5.74) is 9.16. The summed E-state index contributed by atoms with van der Waals surface area (Å²) in [4.78, 5) is 0. The molecule has 0 atom stereocenters. The third-order valence-corrected chi connectivity index (χ3v) is 2.47. The molecule has 0 saturated heterocycles. The van der Waals surface area contributed by atoms with Gasteiger partial charge in [-0.15, -0.1) is 0 Å². The maximum Gasteiger partial charge on any atom is 0.00277 e. The lowest BCUT2D eigenvalue weighted by atomic mass is 10.1. The van der Waals surface area contributed by atoms with Gasteiger partial charge in [0.15, 0.2) is 0 Å². The van der Waals surface area contributed by atoms with Crippen molar-refractivity contribution in [2.24, 2.45) is 5.73 Å². The Morgan fingerprint density at radius 1 is 1.18 bits per heavy atom. The van der Waals surface area contributed by atoms with Crippen molar-refractivity contribution in [1.82, 2.24) is 5.32 Å². The highest BCUT2D eigenvalue weighted by Crippen LogP contribution is 2.10. The lowest BCUT2D eigenvalue weighted by molar-refractivity contribution is 0.974. The van der Waals surface area contributed by atoms with Crippen LogP contribution in [0.15, 0.2) is 59.9 Å². The fourth-order valence-electron chi connectivity index (χ4n) is 1.20. The van der Waals surface area contributed by atoms with Gasteiger partial charge < -0.3 is 11.1 Å². The first-order valence-electron chi connectivity index (χ1n) is 5.86. The number of nitrogens with two attached hydrogens (primary N) is 1. The van der Waals surface area contributed by atoms with Gasteiger partial charge in [0.2, 0.25) is 0 Å². The van der Waals surface area contributed by atoms with Gasteiger partial charge in [-0.2, -0.15) is 0 Å². The molecule has 3 N–H and O–H groups in total. The quantitative estimate of drug-likeness (QED) is 0.662. The second-order valence-corrected chi connectivity index (χ2v) is 3.83. The highest BCUT2D eigenvalue weighted by molar-refractivity contribution is 5.35. The molecule has 0 saturated carbocycles. The molecule has 0 amide bonds. The highest BCUT2D eigenvalue weighted by atomic mass is 14.8. The molecule has 17 heavy (non-hydrogen) atoms. The third-order valence-electron chi connectivity index (χ3n) is 2.47. The SMILES string of the molecule is C=C\C(=C/C=C(C)/C(C)=C/C=C\NC)CCN. The number of allylic oxidation sites excluding steroid dienone is 7. The summed E-state index contributed by atoms with van der Waals surface area (Å²) in [6.07, 6.45) is 12.9. The third kappa shape index (κ3) is 7.36. The summed E-state index contributed by atoms with van der Waals surface area (Å²) in [5.74, 6) is 0. The lowest BCUT2D eigenvalue weighted by Crippen LogP contribution is -1.98. The van der Waals surface area contributed by atoms with Crippen molar-refractivity contribution in [3.8, 4) is 0 Å². The Bertz CT molecular complexity index is 344. The van der Waals surface area contributed by atoms with Gasteiger partial charge in [-0.25, -0.2) is 0 Å². The van der Waals surface area contributed by atoms with Gasteiger partial charge in [-0.1, -0.05) is 30.9 Å². The van der Waals surface area contributed by atoms with Gasteiger partial charge in [0.05, 0.1) is 0 Å². The summed E-state index contributed by atoms with van der Waals surface area (Å²) in [6, 6.07) is 0. The van der Waals surface area contributed by atoms with E-state index in [9.17, 15) is 0 Å². The zero-order chi connectivity index (χ0) is 13.1. The second-order valence-electron chi connectivity index (χ2n) is 3.83. The van der Waals surface area contributed by atoms with Crippen LogP contribution >= 0.6 is 0 Å². The molecule has 0 heterocycles. The molecule has 0 spiro atoms. The van der Waals surface area contributed by atoms with E-state index in [1.54, 1.807) is 0 Å². The smallest absolute Gasteiger partial charge is 0.00277 e. The fraction of sp³-hybridized carbons (Fsp3) is 0.333. The molecule has 0 aromatic rings. The van der Waals surface area contributed by atoms with Crippen molar-refractivity contribution in [3.63, 3.8) is 0 Å². The van der Waals surface area contributed by atoms with Crippen molar-refractivity contribution in [3.05, 3.63) is 59.9 Å². The topological polar surface area (TPSA) is 38.0 Å². The largest absolute Gasteiger partial charge is 0.394 e. The number of hydrogen-bond donors (Lipinski definition) is 2. The van der Waals surface area contributed by atoms with Gasteiger partial charge in [0, 0.05) is 7.05 Å². The van der Waals surface area contributed by atoms with Crippen molar-refractivity contribution in [2.75, 3.05) is 13.6 Å². The molecule has 0 aliphatic carbocycles. The van der Waals surface area contributed by atoms with Crippen LogP contribution in [0.1, 0.15) is 20.3 Å². The summed E-state index contributed by atoms with van der Waals surface area (Å²) in [5, 5.41) is 2.95. The maximum absolute atomic E-state index is 5.52. The molecule has 0 aliphatic heterocycles. The van der Waals surface area contributed by atoms with Gasteiger partial charge in [-0.05, 0) is 55.8 Å². The fourth-order valence-corrected chi connectivity index (χ4v) is 1.20. The first kappa shape index (κ1) is 15.5. The van der Waals surface area contributed by atoms with Crippen LogP contribution in [-0.2, 0) is 0 Å². The van der Waals surface area contributed by atoms with E-state index in [0.29, 0.717) is 6.54 Å². The van der Waals surface area contributed by atoms with Crippen molar-refractivity contribution in [2.45, 2.75) is 20.3 Å². The van der Waals surface area contributed by atoms with Crippen LogP contribution < -0.4 is 11.1 Å². The zero-order valence-electron chi connectivity index (χ0n) is 11.2. The molecule has 0 aromatic carbocycles. The number of nitrogens with one attached hydrogen (secondary N) is 1. The number of rotatable bonds is 7. The predicted molar refractivity (Wildman–Crippen MR) is 77.7 cm³/mol. The van der Waals surface area contributed by atoms with Crippen LogP contribution in [0.3, 0.4) is 0 Å². The predicted octanol–water partition coefficient (Wildman–Crippen LogP) is 3.07. The monoisotopic (exact) mass is 232 g/mol. The lowest BCUT2D eigenvalue weighted by Gasteiger charge is -2.00. The normalized spacial score (nSPS) is 14.2. The molecule has 2 nitrogen and oxygen atoms in total. The average molecular weight is 232 g/mol. The average Bonchev–Trinajstić information content (AvgIpc) is 2.34. The van der Waals surface area contributed by atoms with Crippen molar-refractivity contribution in [1.29, 1.82) is 0 Å². The molecule has 0 unspecified atom stereocenters. The molecule has 2 heteroatoms. The molecular weight excluding hydrogens is 208 g/mol. The van der Waals surface area contributed by atoms with Crippen molar-refractivity contribution < 1.29 is 0 Å². The first-order chi connectivity index (χ1) is 8.15. The summed E-state index contributed by atoms with van der Waals surface area (Å²) >= 11 is 0. The minimum atomic E-state index is 0.657. The minimum Gasteiger partial charge on any atom is -0.394 e. The zero-order valence-corrected chi connectivity index (χ0v) is 11.2. The highest BCUT2D eigenvalue weighted by Gasteiger charge is 1.91. The Hall–Kier alpha value is -1.54. The van der Waals surface area contributed by atoms with E-state index in [2.05, 4.69) is 44.0 Å². The van der Waals surface area contributed by atoms with Crippen LogP contribution in [-0.4, -0.2) is 13.6 Å². The Labute approximate surface area is 105 Å². The molecular formula is C15H24N2. The van der Waals surface area contributed by atoms with Gasteiger partial charge in [-0.3, -0.25) is 0 Å². The van der Waals surface area contributed by atoms with Gasteiger partial charge in [0.25, 0.3) is 0 Å². The van der Waals surface area contributed by atoms with E-state index in [1.165, 1.54) is 16.7 Å². The van der Waals surface area contributed by atoms with E-state index >= 15 is 0 Å². The summed E-state index contributed by atoms with van der Waals surface area (Å²) in [6.45, 7) is 8.62. The molecule has 0 bridgehead atoms. The molecule has 94 valence electrons. The molecule has 0 fully saturated rings. The number of hydrogen-bond acceptors (Lipinski definition) is 2. The van der Waals surface area contributed by atoms with Crippen LogP contribution in [0, 0.1) is 0 Å². The Morgan fingerprint density at radius 2 is 1.82 bits per heavy atom. The molecule has 0 aromatic heterocycles. The first-order valence-corrected chi connectivity index (χ1v) is 5.86. The Balaban J connectivity index is 4.67. The van der Waals surface area contributed by atoms with E-state index in [1.807, 2.05) is 25.4 Å². The Morgan fingerprint density at radius 3 is 2.35 bits per heavy atom. The van der Waals surface area contributed by atoms with E-state index in [0.717, 1.165) is 6.42 Å². The van der Waals surface area contributed by atoms with E-state index in [4.69, 9.17) is 5.73 Å². The van der Waals surface area contributed by atoms with E-state index in [-0.39, 0.29) is 0 Å². The van der Waals surface area contributed by atoms with Gasteiger partial charge in [0.1, 0.15) is 0 Å².